The third kappa shape index (κ3) is 6.79. The number of carbonyl (C=O) groups is 1. The van der Waals surface area contributed by atoms with Crippen molar-refractivity contribution < 1.29 is 25.4 Å². The van der Waals surface area contributed by atoms with E-state index in [9.17, 15) is 4.79 Å². The van der Waals surface area contributed by atoms with E-state index in [1.165, 1.54) is 0 Å². The quantitative estimate of drug-likeness (QED) is 0.412. The first-order valence-electron chi connectivity index (χ1n) is 10.2. The average molecular weight is 450 g/mol. The molecule has 0 N–H and O–H groups in total. The molecule has 0 fully saturated rings. The molecule has 0 saturated heterocycles. The molecule has 158 valence electrons. The monoisotopic (exact) mass is 449 g/mol. The Kier molecular flexibility index (Phi) is 7.63. The zero-order valence-corrected chi connectivity index (χ0v) is 19.4. The SMILES string of the molecule is CC(C)(C)OC(=O)N(Cc1ccccc1)[C](=[Cr])c1ccccc1/C=C/c1ccccc1. The van der Waals surface area contributed by atoms with Crippen LogP contribution in [0, 0.1) is 0 Å². The second-order valence-corrected chi connectivity index (χ2v) is 8.79. The van der Waals surface area contributed by atoms with Crippen molar-refractivity contribution in [3.63, 3.8) is 0 Å². The summed E-state index contributed by atoms with van der Waals surface area (Å²) >= 11 is 3.13. The number of hydrogen-bond acceptors (Lipinski definition) is 2. The molecule has 0 unspecified atom stereocenters. The van der Waals surface area contributed by atoms with Crippen LogP contribution in [0.25, 0.3) is 12.2 Å². The Bertz CT molecular complexity index is 1050. The number of ether oxygens (including phenoxy) is 1. The molecule has 0 aliphatic heterocycles. The molecular weight excluding hydrogens is 422 g/mol. The van der Waals surface area contributed by atoms with Gasteiger partial charge in [-0.25, -0.2) is 0 Å². The van der Waals surface area contributed by atoms with E-state index in [1.807, 2.05) is 93.6 Å². The van der Waals surface area contributed by atoms with Gasteiger partial charge in [0.1, 0.15) is 0 Å². The van der Waals surface area contributed by atoms with E-state index in [0.29, 0.717) is 6.54 Å². The molecule has 3 aromatic rings. The van der Waals surface area contributed by atoms with Crippen LogP contribution >= 0.6 is 0 Å². The molecule has 3 nitrogen and oxygen atoms in total. The van der Waals surface area contributed by atoms with Crippen LogP contribution in [-0.2, 0) is 27.1 Å². The van der Waals surface area contributed by atoms with Crippen LogP contribution < -0.4 is 0 Å². The minimum atomic E-state index is -0.584. The van der Waals surface area contributed by atoms with Crippen LogP contribution in [0.3, 0.4) is 0 Å². The van der Waals surface area contributed by atoms with Crippen LogP contribution in [0.15, 0.2) is 84.9 Å². The van der Waals surface area contributed by atoms with Crippen molar-refractivity contribution in [2.24, 2.45) is 0 Å². The topological polar surface area (TPSA) is 29.5 Å². The van der Waals surface area contributed by atoms with Crippen molar-refractivity contribution in [1.82, 2.24) is 4.90 Å². The Morgan fingerprint density at radius 2 is 1.45 bits per heavy atom. The van der Waals surface area contributed by atoms with Gasteiger partial charge in [0.2, 0.25) is 0 Å². The van der Waals surface area contributed by atoms with E-state index in [2.05, 4.69) is 40.1 Å². The average Bonchev–Trinajstić information content (AvgIpc) is 2.76. The Hall–Kier alpha value is -2.93. The zero-order chi connectivity index (χ0) is 22.3. The van der Waals surface area contributed by atoms with Crippen molar-refractivity contribution in [3.05, 3.63) is 107 Å². The number of amides is 1. The normalized spacial score (nSPS) is 11.3. The van der Waals surface area contributed by atoms with Crippen LogP contribution in [0.2, 0.25) is 0 Å². The third-order valence-electron chi connectivity index (χ3n) is 4.49. The van der Waals surface area contributed by atoms with Crippen molar-refractivity contribution in [1.29, 1.82) is 0 Å². The van der Waals surface area contributed by atoms with Crippen LogP contribution in [-0.4, -0.2) is 21.1 Å². The summed E-state index contributed by atoms with van der Waals surface area (Å²) in [5, 5.41) is 0. The minimum absolute atomic E-state index is 0.382. The first-order valence-corrected chi connectivity index (χ1v) is 10.9. The summed E-state index contributed by atoms with van der Waals surface area (Å²) in [7, 11) is 0. The molecule has 31 heavy (non-hydrogen) atoms. The molecule has 0 aliphatic carbocycles. The molecule has 0 atom stereocenters. The van der Waals surface area contributed by atoms with Gasteiger partial charge in [-0.1, -0.05) is 0 Å². The van der Waals surface area contributed by atoms with Crippen molar-refractivity contribution in [2.45, 2.75) is 32.9 Å². The maximum absolute atomic E-state index is 13.1. The molecule has 0 saturated carbocycles. The maximum atomic E-state index is 13.1. The molecule has 3 rings (SSSR count). The van der Waals surface area contributed by atoms with E-state index in [1.54, 1.807) is 4.90 Å². The van der Waals surface area contributed by atoms with E-state index in [0.717, 1.165) is 26.8 Å². The number of hydrogen-bond donors (Lipinski definition) is 0. The molecule has 1 amide bonds. The van der Waals surface area contributed by atoms with Gasteiger partial charge in [-0.15, -0.1) is 0 Å². The van der Waals surface area contributed by atoms with Gasteiger partial charge in [0, 0.05) is 0 Å². The summed E-state index contributed by atoms with van der Waals surface area (Å²) in [6, 6.07) is 28.1. The number of carbonyl (C=O) groups excluding carboxylic acids is 1. The fraction of sp³-hybridized carbons (Fsp3) is 0.185. The number of nitrogens with zero attached hydrogens (tertiary/aromatic N) is 1. The zero-order valence-electron chi connectivity index (χ0n) is 18.1. The van der Waals surface area contributed by atoms with Crippen LogP contribution in [0.4, 0.5) is 4.79 Å². The van der Waals surface area contributed by atoms with E-state index >= 15 is 0 Å². The number of rotatable bonds is 6. The Labute approximate surface area is 192 Å². The first-order chi connectivity index (χ1) is 14.8. The summed E-state index contributed by atoms with van der Waals surface area (Å²) in [6.45, 7) is 6.04. The predicted molar refractivity (Wildman–Crippen MR) is 124 cm³/mol. The Morgan fingerprint density at radius 1 is 0.871 bits per heavy atom. The molecule has 0 bridgehead atoms. The second-order valence-electron chi connectivity index (χ2n) is 8.19. The summed E-state index contributed by atoms with van der Waals surface area (Å²) in [5.41, 5.74) is 3.52. The van der Waals surface area contributed by atoms with Gasteiger partial charge in [-0.2, -0.15) is 0 Å². The van der Waals surface area contributed by atoms with Gasteiger partial charge in [0.25, 0.3) is 0 Å². The second kappa shape index (κ2) is 10.4. The van der Waals surface area contributed by atoms with Crippen molar-refractivity contribution in [3.8, 4) is 0 Å². The molecule has 4 heteroatoms. The molecule has 0 aromatic heterocycles. The van der Waals surface area contributed by atoms with Crippen LogP contribution in [0.1, 0.15) is 43.0 Å². The van der Waals surface area contributed by atoms with Gasteiger partial charge in [0.05, 0.1) is 0 Å². The fourth-order valence-corrected chi connectivity index (χ4v) is 3.54. The standard InChI is InChI=1S/C27H27NO2.Cr/c1-27(2,3)30-26(29)28(20-23-14-8-5-9-15-23)21-25-17-11-10-16-24(25)19-18-22-12-6-4-7-13-22;/h4-19H,20H2,1-3H3;/b19-18+;. The number of benzene rings is 3. The first kappa shape index (κ1) is 22.8. The van der Waals surface area contributed by atoms with E-state index < -0.39 is 5.60 Å². The summed E-state index contributed by atoms with van der Waals surface area (Å²) < 4.78 is 6.44. The molecule has 0 radical (unpaired) electrons. The Balaban J connectivity index is 1.93. The third-order valence-corrected chi connectivity index (χ3v) is 5.18. The summed E-state index contributed by atoms with van der Waals surface area (Å²) in [4.78, 5) is 14.8. The van der Waals surface area contributed by atoms with Crippen LogP contribution in [0.5, 0.6) is 0 Å². The van der Waals surface area contributed by atoms with Crippen molar-refractivity contribution in [2.75, 3.05) is 0 Å². The van der Waals surface area contributed by atoms with Gasteiger partial charge >= 0.3 is 193 Å². The van der Waals surface area contributed by atoms with Gasteiger partial charge in [0.15, 0.2) is 0 Å². The molecule has 0 spiro atoms. The summed E-state index contributed by atoms with van der Waals surface area (Å²) in [5.74, 6) is 0. The van der Waals surface area contributed by atoms with Crippen molar-refractivity contribution >= 4 is 22.7 Å². The molecule has 3 aromatic carbocycles. The molecule has 0 heterocycles. The van der Waals surface area contributed by atoms with Gasteiger partial charge < -0.3 is 0 Å². The van der Waals surface area contributed by atoms with Gasteiger partial charge in [-0.05, 0) is 0 Å². The van der Waals surface area contributed by atoms with Gasteiger partial charge in [-0.3, -0.25) is 0 Å². The van der Waals surface area contributed by atoms with E-state index in [-0.39, 0.29) is 6.09 Å². The molecule has 0 aliphatic rings. The van der Waals surface area contributed by atoms with E-state index in [4.69, 9.17) is 4.74 Å². The summed E-state index contributed by atoms with van der Waals surface area (Å²) in [6.07, 6.45) is 3.76. The fourth-order valence-electron chi connectivity index (χ4n) is 3.03. The Morgan fingerprint density at radius 3 is 2.10 bits per heavy atom. The molecular formula is C27H27CrNO2. The predicted octanol–water partition coefficient (Wildman–Crippen LogP) is 6.32.